The lowest BCUT2D eigenvalue weighted by atomic mass is 9.95. The van der Waals surface area contributed by atoms with E-state index in [9.17, 15) is 0 Å². The molecule has 0 unspecified atom stereocenters. The van der Waals surface area contributed by atoms with Crippen LogP contribution >= 0.6 is 0 Å². The fourth-order valence-corrected chi connectivity index (χ4v) is 4.11. The van der Waals surface area contributed by atoms with E-state index in [1.807, 2.05) is 12.1 Å². The Morgan fingerprint density at radius 1 is 1.25 bits per heavy atom. The van der Waals surface area contributed by atoms with Crippen LogP contribution in [0, 0.1) is 5.92 Å². The minimum absolute atomic E-state index is 0.654. The van der Waals surface area contributed by atoms with Gasteiger partial charge in [0.25, 0.3) is 0 Å². The third kappa shape index (κ3) is 3.41. The molecule has 24 heavy (non-hydrogen) atoms. The van der Waals surface area contributed by atoms with Crippen LogP contribution in [0.5, 0.6) is 0 Å². The number of ether oxygens (including phenoxy) is 1. The van der Waals surface area contributed by atoms with Gasteiger partial charge in [-0.05, 0) is 37.0 Å². The second-order valence-electron chi connectivity index (χ2n) is 7.02. The number of furan rings is 1. The average Bonchev–Trinajstić information content (AvgIpc) is 3.19. The average molecular weight is 330 g/mol. The van der Waals surface area contributed by atoms with Gasteiger partial charge in [0.1, 0.15) is 11.5 Å². The third-order valence-electron chi connectivity index (χ3n) is 5.29. The number of hydrogen-bond donors (Lipinski definition) is 1. The van der Waals surface area contributed by atoms with E-state index in [0.717, 1.165) is 49.4 Å². The van der Waals surface area contributed by atoms with Crippen molar-refractivity contribution < 1.29 is 9.15 Å². The number of aromatic amines is 1. The smallest absolute Gasteiger partial charge is 0.152 e. The van der Waals surface area contributed by atoms with E-state index in [2.05, 4.69) is 26.1 Å². The molecule has 3 aliphatic rings. The zero-order valence-corrected chi connectivity index (χ0v) is 14.3. The third-order valence-corrected chi connectivity index (χ3v) is 5.29. The van der Waals surface area contributed by atoms with Gasteiger partial charge in [-0.3, -0.25) is 14.9 Å². The fourth-order valence-electron chi connectivity index (χ4n) is 4.11. The Kier molecular flexibility index (Phi) is 4.69. The molecule has 3 fully saturated rings. The zero-order valence-electron chi connectivity index (χ0n) is 14.3. The molecule has 2 atom stereocenters. The van der Waals surface area contributed by atoms with E-state index in [1.54, 1.807) is 13.3 Å². The number of hydrogen-bond acceptors (Lipinski definition) is 5. The maximum absolute atomic E-state index is 6.01. The minimum Gasteiger partial charge on any atom is -0.458 e. The molecule has 2 aromatic rings. The van der Waals surface area contributed by atoms with Crippen LogP contribution in [0.25, 0.3) is 11.5 Å². The van der Waals surface area contributed by atoms with Gasteiger partial charge in [0.05, 0.1) is 13.2 Å². The molecule has 1 N–H and O–H groups in total. The summed E-state index contributed by atoms with van der Waals surface area (Å²) in [5.74, 6) is 2.66. The first-order valence-electron chi connectivity index (χ1n) is 8.85. The molecule has 5 heterocycles. The zero-order chi connectivity index (χ0) is 16.4. The molecule has 0 saturated carbocycles. The van der Waals surface area contributed by atoms with Crippen molar-refractivity contribution in [3.05, 3.63) is 30.2 Å². The second kappa shape index (κ2) is 7.09. The highest BCUT2D eigenvalue weighted by Crippen LogP contribution is 2.29. The molecule has 2 aromatic heterocycles. The van der Waals surface area contributed by atoms with Gasteiger partial charge in [-0.25, -0.2) is 0 Å². The largest absolute Gasteiger partial charge is 0.458 e. The Balaban J connectivity index is 1.40. The van der Waals surface area contributed by atoms with Gasteiger partial charge in [-0.1, -0.05) is 0 Å². The number of H-pyrrole nitrogens is 1. The van der Waals surface area contributed by atoms with Crippen LogP contribution in [0.3, 0.4) is 0 Å². The molecule has 130 valence electrons. The Hall–Kier alpha value is -1.63. The molecule has 6 heteroatoms. The Bertz CT molecular complexity index is 639. The van der Waals surface area contributed by atoms with Crippen molar-refractivity contribution in [3.63, 3.8) is 0 Å². The van der Waals surface area contributed by atoms with Crippen molar-refractivity contribution in [2.75, 3.05) is 39.9 Å². The fraction of sp³-hybridized carbons (Fsp3) is 0.611. The molecular weight excluding hydrogens is 304 g/mol. The SMILES string of the molecule is COCCN1C[C@H]2CC[C@@H]1CN(Cc1ccc(-c3ccn[nH]3)o1)C2. The summed E-state index contributed by atoms with van der Waals surface area (Å²) >= 11 is 0. The van der Waals surface area contributed by atoms with Crippen molar-refractivity contribution >= 4 is 0 Å². The van der Waals surface area contributed by atoms with Crippen LogP contribution in [-0.2, 0) is 11.3 Å². The molecule has 0 spiro atoms. The van der Waals surface area contributed by atoms with Gasteiger partial charge < -0.3 is 9.15 Å². The summed E-state index contributed by atoms with van der Waals surface area (Å²) in [5.41, 5.74) is 0.933. The lowest BCUT2D eigenvalue weighted by Crippen LogP contribution is -2.45. The second-order valence-corrected chi connectivity index (χ2v) is 7.02. The summed E-state index contributed by atoms with van der Waals surface area (Å²) < 4.78 is 11.3. The van der Waals surface area contributed by atoms with Crippen LogP contribution in [0.4, 0.5) is 0 Å². The van der Waals surface area contributed by atoms with Crippen molar-refractivity contribution in [1.29, 1.82) is 0 Å². The molecule has 3 saturated heterocycles. The maximum atomic E-state index is 6.01. The molecule has 2 bridgehead atoms. The topological polar surface area (TPSA) is 57.5 Å². The number of aromatic nitrogens is 2. The van der Waals surface area contributed by atoms with Gasteiger partial charge in [-0.2, -0.15) is 5.10 Å². The van der Waals surface area contributed by atoms with Gasteiger partial charge >= 0.3 is 0 Å². The molecule has 0 amide bonds. The number of fused-ring (bicyclic) bond motifs is 4. The van der Waals surface area contributed by atoms with Crippen LogP contribution in [0.2, 0.25) is 0 Å². The van der Waals surface area contributed by atoms with Gasteiger partial charge in [0, 0.05) is 45.5 Å². The van der Waals surface area contributed by atoms with E-state index in [1.165, 1.54) is 25.9 Å². The molecule has 3 aliphatic heterocycles. The lowest BCUT2D eigenvalue weighted by Gasteiger charge is -2.35. The summed E-state index contributed by atoms with van der Waals surface area (Å²) in [6.07, 6.45) is 4.41. The Labute approximate surface area is 142 Å². The quantitative estimate of drug-likeness (QED) is 0.880. The highest BCUT2D eigenvalue weighted by molar-refractivity contribution is 5.51. The van der Waals surface area contributed by atoms with E-state index in [4.69, 9.17) is 9.15 Å². The molecule has 6 nitrogen and oxygen atoms in total. The molecular formula is C18H26N4O2. The summed E-state index contributed by atoms with van der Waals surface area (Å²) in [7, 11) is 1.79. The summed E-state index contributed by atoms with van der Waals surface area (Å²) in [6.45, 7) is 6.27. The van der Waals surface area contributed by atoms with E-state index >= 15 is 0 Å². The highest BCUT2D eigenvalue weighted by Gasteiger charge is 2.34. The van der Waals surface area contributed by atoms with Crippen LogP contribution in [0.1, 0.15) is 18.6 Å². The Morgan fingerprint density at radius 3 is 3.04 bits per heavy atom. The summed E-state index contributed by atoms with van der Waals surface area (Å²) in [4.78, 5) is 5.18. The first-order chi connectivity index (χ1) is 11.8. The van der Waals surface area contributed by atoms with Crippen molar-refractivity contribution in [2.45, 2.75) is 25.4 Å². The monoisotopic (exact) mass is 330 g/mol. The predicted octanol–water partition coefficient (Wildman–Crippen LogP) is 2.21. The number of rotatable bonds is 6. The first kappa shape index (κ1) is 15.9. The van der Waals surface area contributed by atoms with E-state index in [-0.39, 0.29) is 0 Å². The molecule has 0 aromatic carbocycles. The molecule has 0 aliphatic carbocycles. The predicted molar refractivity (Wildman–Crippen MR) is 91.5 cm³/mol. The molecule has 0 radical (unpaired) electrons. The lowest BCUT2D eigenvalue weighted by molar-refractivity contribution is 0.0866. The highest BCUT2D eigenvalue weighted by atomic mass is 16.5. The van der Waals surface area contributed by atoms with Crippen molar-refractivity contribution in [2.24, 2.45) is 5.92 Å². The van der Waals surface area contributed by atoms with E-state index < -0.39 is 0 Å². The number of nitrogens with one attached hydrogen (secondary N) is 1. The Morgan fingerprint density at radius 2 is 2.21 bits per heavy atom. The molecule has 5 rings (SSSR count). The maximum Gasteiger partial charge on any atom is 0.152 e. The summed E-state index contributed by atoms with van der Waals surface area (Å²) in [6, 6.07) is 6.70. The normalized spacial score (nSPS) is 25.2. The van der Waals surface area contributed by atoms with Crippen molar-refractivity contribution in [1.82, 2.24) is 20.0 Å². The van der Waals surface area contributed by atoms with E-state index in [0.29, 0.717) is 6.04 Å². The van der Waals surface area contributed by atoms with Crippen LogP contribution < -0.4 is 0 Å². The van der Waals surface area contributed by atoms with Crippen molar-refractivity contribution in [3.8, 4) is 11.5 Å². The number of nitrogens with zero attached hydrogens (tertiary/aromatic N) is 3. The number of methoxy groups -OCH3 is 1. The van der Waals surface area contributed by atoms with Gasteiger partial charge in [0.15, 0.2) is 5.76 Å². The van der Waals surface area contributed by atoms with Gasteiger partial charge in [0.2, 0.25) is 0 Å². The van der Waals surface area contributed by atoms with Gasteiger partial charge in [-0.15, -0.1) is 0 Å². The first-order valence-corrected chi connectivity index (χ1v) is 8.85. The minimum atomic E-state index is 0.654. The standard InChI is InChI=1S/C18H26N4O2/c1-23-9-8-22-11-14-2-3-15(22)12-21(10-14)13-16-4-5-18(24-16)17-6-7-19-20-17/h4-7,14-15H,2-3,8-13H2,1H3,(H,19,20)/t14-,15+/m0/s1. The number of piperidine rings is 1. The summed E-state index contributed by atoms with van der Waals surface area (Å²) in [5, 5.41) is 6.94. The van der Waals surface area contributed by atoms with Crippen LogP contribution in [-0.4, -0.2) is 65.9 Å². The van der Waals surface area contributed by atoms with Crippen LogP contribution in [0.15, 0.2) is 28.8 Å².